The summed E-state index contributed by atoms with van der Waals surface area (Å²) < 4.78 is 34.4. The number of fused-ring (bicyclic) bond motifs is 1. The van der Waals surface area contributed by atoms with Crippen LogP contribution in [0.4, 0.5) is 5.13 Å². The third kappa shape index (κ3) is 2.96. The van der Waals surface area contributed by atoms with Gasteiger partial charge in [-0.3, -0.25) is 4.57 Å². The molecule has 10 heteroatoms. The molecule has 0 amide bonds. The van der Waals surface area contributed by atoms with Gasteiger partial charge in [0.1, 0.15) is 0 Å². The maximum absolute atomic E-state index is 12.7. The Morgan fingerprint density at radius 1 is 1.40 bits per heavy atom. The molecule has 1 aliphatic rings. The van der Waals surface area contributed by atoms with E-state index in [4.69, 9.17) is 4.42 Å². The van der Waals surface area contributed by atoms with Gasteiger partial charge in [-0.25, -0.2) is 22.9 Å². The van der Waals surface area contributed by atoms with Gasteiger partial charge in [0.2, 0.25) is 10.0 Å². The maximum atomic E-state index is 12.7. The van der Waals surface area contributed by atoms with E-state index in [0.717, 1.165) is 11.7 Å². The molecule has 1 N–H and O–H groups in total. The molecule has 132 valence electrons. The second-order valence-corrected chi connectivity index (χ2v) is 8.51. The fourth-order valence-corrected chi connectivity index (χ4v) is 4.92. The number of rotatable bonds is 4. The Morgan fingerprint density at radius 2 is 2.24 bits per heavy atom. The highest BCUT2D eigenvalue weighted by Crippen LogP contribution is 2.24. The molecule has 25 heavy (non-hydrogen) atoms. The summed E-state index contributed by atoms with van der Waals surface area (Å²) in [6.07, 6.45) is 2.45. The Labute approximate surface area is 147 Å². The average molecular weight is 380 g/mol. The van der Waals surface area contributed by atoms with E-state index >= 15 is 0 Å². The fraction of sp³-hybridized carbons (Fsp3) is 0.333. The molecule has 0 bridgehead atoms. The van der Waals surface area contributed by atoms with Crippen molar-refractivity contribution in [1.29, 1.82) is 0 Å². The van der Waals surface area contributed by atoms with E-state index in [9.17, 15) is 13.2 Å². The number of sulfonamides is 1. The van der Waals surface area contributed by atoms with Crippen molar-refractivity contribution in [3.8, 4) is 0 Å². The summed E-state index contributed by atoms with van der Waals surface area (Å²) in [4.78, 5) is 18.0. The Hall–Kier alpha value is -2.17. The van der Waals surface area contributed by atoms with Gasteiger partial charge in [-0.2, -0.15) is 0 Å². The zero-order valence-electron chi connectivity index (χ0n) is 13.4. The lowest BCUT2D eigenvalue weighted by Crippen LogP contribution is -2.37. The van der Waals surface area contributed by atoms with Crippen LogP contribution in [0.5, 0.6) is 0 Å². The minimum atomic E-state index is -3.69. The van der Waals surface area contributed by atoms with E-state index in [2.05, 4.69) is 14.6 Å². The summed E-state index contributed by atoms with van der Waals surface area (Å²) >= 11 is 1.54. The van der Waals surface area contributed by atoms with Crippen LogP contribution in [0.3, 0.4) is 0 Å². The van der Waals surface area contributed by atoms with Crippen molar-refractivity contribution >= 4 is 37.6 Å². The summed E-state index contributed by atoms with van der Waals surface area (Å²) in [5.74, 6) is -0.521. The largest absolute Gasteiger partial charge is 0.419 e. The van der Waals surface area contributed by atoms with Gasteiger partial charge in [-0.1, -0.05) is 0 Å². The quantitative estimate of drug-likeness (QED) is 0.729. The van der Waals surface area contributed by atoms with Crippen LogP contribution in [-0.4, -0.2) is 37.1 Å². The monoisotopic (exact) mass is 380 g/mol. The van der Waals surface area contributed by atoms with E-state index < -0.39 is 15.8 Å². The first kappa shape index (κ1) is 16.3. The Morgan fingerprint density at radius 3 is 3.00 bits per heavy atom. The Kier molecular flexibility index (Phi) is 3.89. The van der Waals surface area contributed by atoms with Crippen molar-refractivity contribution in [2.75, 3.05) is 18.0 Å². The summed E-state index contributed by atoms with van der Waals surface area (Å²) in [6.45, 7) is 1.34. The number of benzene rings is 1. The number of thiazole rings is 1. The van der Waals surface area contributed by atoms with Crippen molar-refractivity contribution in [3.63, 3.8) is 0 Å². The summed E-state index contributed by atoms with van der Waals surface area (Å²) in [5.41, 5.74) is 0.811. The minimum Gasteiger partial charge on any atom is -0.408 e. The predicted octanol–water partition coefficient (Wildman–Crippen LogP) is 1.15. The molecule has 0 saturated carbocycles. The van der Waals surface area contributed by atoms with Crippen LogP contribution in [-0.2, 0) is 17.1 Å². The van der Waals surface area contributed by atoms with Crippen LogP contribution in [0, 0.1) is 0 Å². The summed E-state index contributed by atoms with van der Waals surface area (Å²) in [6, 6.07) is 4.22. The van der Waals surface area contributed by atoms with Crippen LogP contribution in [0.15, 0.2) is 43.9 Å². The topological polar surface area (TPSA) is 97.4 Å². The smallest absolute Gasteiger partial charge is 0.408 e. The molecule has 8 nitrogen and oxygen atoms in total. The molecule has 1 atom stereocenters. The molecule has 1 aliphatic heterocycles. The first-order chi connectivity index (χ1) is 11.9. The molecule has 1 fully saturated rings. The van der Waals surface area contributed by atoms with Gasteiger partial charge < -0.3 is 9.32 Å². The molecule has 1 unspecified atom stereocenters. The number of aromatic nitrogens is 2. The maximum Gasteiger partial charge on any atom is 0.419 e. The predicted molar refractivity (Wildman–Crippen MR) is 94.5 cm³/mol. The van der Waals surface area contributed by atoms with Crippen molar-refractivity contribution < 1.29 is 12.8 Å². The molecule has 2 aromatic heterocycles. The van der Waals surface area contributed by atoms with E-state index in [-0.39, 0.29) is 10.9 Å². The molecule has 1 saturated heterocycles. The second-order valence-electron chi connectivity index (χ2n) is 5.92. The molecule has 3 heterocycles. The van der Waals surface area contributed by atoms with Crippen LogP contribution < -0.4 is 15.4 Å². The van der Waals surface area contributed by atoms with E-state index in [1.807, 2.05) is 5.38 Å². The molecular weight excluding hydrogens is 364 g/mol. The van der Waals surface area contributed by atoms with E-state index in [1.165, 1.54) is 34.1 Å². The van der Waals surface area contributed by atoms with Gasteiger partial charge in [0.25, 0.3) is 0 Å². The molecule has 1 aromatic carbocycles. The van der Waals surface area contributed by atoms with Gasteiger partial charge in [-0.05, 0) is 24.6 Å². The third-order valence-electron chi connectivity index (χ3n) is 4.27. The number of oxazole rings is 1. The summed E-state index contributed by atoms with van der Waals surface area (Å²) in [5, 5.41) is 2.80. The highest BCUT2D eigenvalue weighted by molar-refractivity contribution is 7.89. The molecule has 4 rings (SSSR count). The van der Waals surface area contributed by atoms with Crippen LogP contribution >= 0.6 is 11.3 Å². The lowest BCUT2D eigenvalue weighted by molar-refractivity contribution is 0.528. The Bertz CT molecular complexity index is 1070. The SMILES string of the molecule is Cn1c(=O)oc2ccc(S(=O)(=O)NC3CCN(c4nccs4)C3)cc21. The van der Waals surface area contributed by atoms with Crippen molar-refractivity contribution in [2.24, 2.45) is 7.05 Å². The highest BCUT2D eigenvalue weighted by atomic mass is 32.2. The molecular formula is C15H16N4O4S2. The van der Waals surface area contributed by atoms with Crippen LogP contribution in [0.1, 0.15) is 6.42 Å². The van der Waals surface area contributed by atoms with Gasteiger partial charge in [0.05, 0.1) is 10.4 Å². The zero-order chi connectivity index (χ0) is 17.6. The van der Waals surface area contributed by atoms with Gasteiger partial charge in [-0.15, -0.1) is 11.3 Å². The van der Waals surface area contributed by atoms with Crippen LogP contribution in [0.25, 0.3) is 11.1 Å². The lowest BCUT2D eigenvalue weighted by Gasteiger charge is -2.16. The number of aryl methyl sites for hydroxylation is 1. The molecule has 3 aromatic rings. The van der Waals surface area contributed by atoms with E-state index in [0.29, 0.717) is 24.1 Å². The lowest BCUT2D eigenvalue weighted by atomic mass is 10.3. The number of nitrogens with one attached hydrogen (secondary N) is 1. The van der Waals surface area contributed by atoms with Crippen molar-refractivity contribution in [1.82, 2.24) is 14.3 Å². The van der Waals surface area contributed by atoms with Crippen molar-refractivity contribution in [3.05, 3.63) is 40.3 Å². The molecule has 0 spiro atoms. The third-order valence-corrected chi connectivity index (χ3v) is 6.62. The van der Waals surface area contributed by atoms with Gasteiger partial charge >= 0.3 is 5.76 Å². The normalized spacial score (nSPS) is 18.3. The Balaban J connectivity index is 1.56. The van der Waals surface area contributed by atoms with Gasteiger partial charge in [0, 0.05) is 37.8 Å². The number of nitrogens with zero attached hydrogens (tertiary/aromatic N) is 3. The fourth-order valence-electron chi connectivity index (χ4n) is 2.96. The molecule has 0 radical (unpaired) electrons. The number of hydrogen-bond acceptors (Lipinski definition) is 7. The highest BCUT2D eigenvalue weighted by Gasteiger charge is 2.28. The average Bonchev–Trinajstić information content (AvgIpc) is 3.29. The standard InChI is InChI=1S/C15H16N4O4S2/c1-18-12-8-11(2-3-13(12)23-15(18)20)25(21,22)17-10-4-6-19(9-10)14-16-5-7-24-14/h2-3,5,7-8,10,17H,4,6,9H2,1H3. The first-order valence-corrected chi connectivity index (χ1v) is 10.1. The van der Waals surface area contributed by atoms with Gasteiger partial charge in [0.15, 0.2) is 10.7 Å². The zero-order valence-corrected chi connectivity index (χ0v) is 15.0. The van der Waals surface area contributed by atoms with Crippen molar-refractivity contribution in [2.45, 2.75) is 17.4 Å². The van der Waals surface area contributed by atoms with Crippen LogP contribution in [0.2, 0.25) is 0 Å². The van der Waals surface area contributed by atoms with E-state index in [1.54, 1.807) is 13.2 Å². The summed E-state index contributed by atoms with van der Waals surface area (Å²) in [7, 11) is -2.14. The second kappa shape index (κ2) is 5.97. The molecule has 0 aliphatic carbocycles. The minimum absolute atomic E-state index is 0.115. The number of hydrogen-bond donors (Lipinski definition) is 1. The first-order valence-electron chi connectivity index (χ1n) is 7.70. The number of anilines is 1.